The number of ketones is 1. The van der Waals surface area contributed by atoms with Crippen molar-refractivity contribution in [1.29, 1.82) is 0 Å². The van der Waals surface area contributed by atoms with Crippen LogP contribution in [0.25, 0.3) is 0 Å². The van der Waals surface area contributed by atoms with Crippen LogP contribution < -0.4 is 10.2 Å². The van der Waals surface area contributed by atoms with Crippen LogP contribution >= 0.6 is 0 Å². The number of para-hydroxylation sites is 1. The molecule has 0 saturated heterocycles. The zero-order valence-corrected chi connectivity index (χ0v) is 13.4. The average molecular weight is 322 g/mol. The van der Waals surface area contributed by atoms with Gasteiger partial charge >= 0.3 is 11.8 Å². The van der Waals surface area contributed by atoms with Gasteiger partial charge in [0.1, 0.15) is 0 Å². The summed E-state index contributed by atoms with van der Waals surface area (Å²) in [5.41, 5.74) is 2.79. The standard InChI is InChI=1S/C19H18N2O3/c1-13(22)15-7-4-9-16(12-15)20-18(23)19(24)21-11-5-8-14-6-2-3-10-17(14)21/h2-4,6-7,9-10,12H,5,8,11H2,1H3,(H,20,23). The molecule has 3 rings (SSSR count). The van der Waals surface area contributed by atoms with Crippen LogP contribution in [-0.2, 0) is 16.0 Å². The average Bonchev–Trinajstić information content (AvgIpc) is 2.60. The van der Waals surface area contributed by atoms with Crippen molar-refractivity contribution in [2.24, 2.45) is 0 Å². The first-order valence-electron chi connectivity index (χ1n) is 7.88. The van der Waals surface area contributed by atoms with Crippen molar-refractivity contribution in [2.45, 2.75) is 19.8 Å². The lowest BCUT2D eigenvalue weighted by Gasteiger charge is -2.28. The van der Waals surface area contributed by atoms with E-state index in [2.05, 4.69) is 5.32 Å². The van der Waals surface area contributed by atoms with E-state index in [4.69, 9.17) is 0 Å². The molecule has 1 aliphatic heterocycles. The number of aryl methyl sites for hydroxylation is 1. The Labute approximate surface area is 140 Å². The topological polar surface area (TPSA) is 66.5 Å². The van der Waals surface area contributed by atoms with E-state index < -0.39 is 11.8 Å². The second-order valence-corrected chi connectivity index (χ2v) is 5.78. The molecule has 0 aliphatic carbocycles. The van der Waals surface area contributed by atoms with Gasteiger partial charge in [-0.2, -0.15) is 0 Å². The van der Waals surface area contributed by atoms with Crippen molar-refractivity contribution < 1.29 is 14.4 Å². The van der Waals surface area contributed by atoms with E-state index in [0.717, 1.165) is 24.1 Å². The molecule has 2 aromatic carbocycles. The summed E-state index contributed by atoms with van der Waals surface area (Å²) < 4.78 is 0. The summed E-state index contributed by atoms with van der Waals surface area (Å²) in [7, 11) is 0. The van der Waals surface area contributed by atoms with E-state index in [1.54, 1.807) is 24.3 Å². The lowest BCUT2D eigenvalue weighted by molar-refractivity contribution is -0.134. The summed E-state index contributed by atoms with van der Waals surface area (Å²) in [4.78, 5) is 37.8. The van der Waals surface area contributed by atoms with Gasteiger partial charge in [-0.15, -0.1) is 0 Å². The lowest BCUT2D eigenvalue weighted by atomic mass is 10.0. The summed E-state index contributed by atoms with van der Waals surface area (Å²) in [6, 6.07) is 14.2. The zero-order chi connectivity index (χ0) is 17.1. The zero-order valence-electron chi connectivity index (χ0n) is 13.4. The maximum atomic E-state index is 12.5. The Morgan fingerprint density at radius 2 is 1.83 bits per heavy atom. The van der Waals surface area contributed by atoms with Gasteiger partial charge in [0.25, 0.3) is 0 Å². The minimum absolute atomic E-state index is 0.0950. The van der Waals surface area contributed by atoms with Gasteiger partial charge in [-0.1, -0.05) is 30.3 Å². The molecule has 5 heteroatoms. The molecule has 0 bridgehead atoms. The van der Waals surface area contributed by atoms with Crippen molar-refractivity contribution in [3.05, 3.63) is 59.7 Å². The number of hydrogen-bond acceptors (Lipinski definition) is 3. The molecule has 24 heavy (non-hydrogen) atoms. The number of benzene rings is 2. The van der Waals surface area contributed by atoms with Gasteiger partial charge in [0, 0.05) is 23.5 Å². The molecule has 0 saturated carbocycles. The van der Waals surface area contributed by atoms with Crippen molar-refractivity contribution in [2.75, 3.05) is 16.8 Å². The third kappa shape index (κ3) is 3.20. The predicted molar refractivity (Wildman–Crippen MR) is 92.2 cm³/mol. The molecule has 0 atom stereocenters. The molecule has 0 unspecified atom stereocenters. The maximum Gasteiger partial charge on any atom is 0.316 e. The Morgan fingerprint density at radius 3 is 2.62 bits per heavy atom. The van der Waals surface area contributed by atoms with Crippen molar-refractivity contribution in [3.63, 3.8) is 0 Å². The van der Waals surface area contributed by atoms with Gasteiger partial charge in [0.05, 0.1) is 0 Å². The second kappa shape index (κ2) is 6.66. The van der Waals surface area contributed by atoms with Crippen LogP contribution in [0.4, 0.5) is 11.4 Å². The summed E-state index contributed by atoms with van der Waals surface area (Å²) in [5, 5.41) is 2.58. The van der Waals surface area contributed by atoms with Crippen molar-refractivity contribution in [3.8, 4) is 0 Å². The van der Waals surface area contributed by atoms with Crippen LogP contribution in [0.5, 0.6) is 0 Å². The Hall–Kier alpha value is -2.95. The largest absolute Gasteiger partial charge is 0.318 e. The summed E-state index contributed by atoms with van der Waals surface area (Å²) in [6.45, 7) is 1.98. The highest BCUT2D eigenvalue weighted by Crippen LogP contribution is 2.26. The highest BCUT2D eigenvalue weighted by molar-refractivity contribution is 6.44. The van der Waals surface area contributed by atoms with E-state index >= 15 is 0 Å². The van der Waals surface area contributed by atoms with Crippen LogP contribution in [0.15, 0.2) is 48.5 Å². The molecule has 122 valence electrons. The van der Waals surface area contributed by atoms with Crippen LogP contribution in [-0.4, -0.2) is 24.1 Å². The summed E-state index contributed by atoms with van der Waals surface area (Å²) in [5.74, 6) is -1.38. The Kier molecular flexibility index (Phi) is 4.42. The quantitative estimate of drug-likeness (QED) is 0.683. The molecule has 2 aromatic rings. The number of amides is 2. The molecule has 2 amide bonds. The fourth-order valence-electron chi connectivity index (χ4n) is 2.87. The minimum Gasteiger partial charge on any atom is -0.318 e. The number of hydrogen-bond donors (Lipinski definition) is 1. The van der Waals surface area contributed by atoms with Crippen LogP contribution in [0.1, 0.15) is 29.3 Å². The highest BCUT2D eigenvalue weighted by Gasteiger charge is 2.27. The van der Waals surface area contributed by atoms with Gasteiger partial charge < -0.3 is 10.2 Å². The predicted octanol–water partition coefficient (Wildman–Crippen LogP) is 2.81. The third-order valence-corrected chi connectivity index (χ3v) is 4.08. The number of fused-ring (bicyclic) bond motifs is 1. The molecule has 1 heterocycles. The fourth-order valence-corrected chi connectivity index (χ4v) is 2.87. The molecular weight excluding hydrogens is 304 g/mol. The number of nitrogens with one attached hydrogen (secondary N) is 1. The lowest BCUT2D eigenvalue weighted by Crippen LogP contribution is -2.42. The van der Waals surface area contributed by atoms with Gasteiger partial charge in [-0.05, 0) is 43.5 Å². The normalized spacial score (nSPS) is 13.1. The van der Waals surface area contributed by atoms with Crippen LogP contribution in [0.3, 0.4) is 0 Å². The van der Waals surface area contributed by atoms with Crippen LogP contribution in [0, 0.1) is 0 Å². The number of rotatable bonds is 2. The Bertz CT molecular complexity index is 814. The van der Waals surface area contributed by atoms with Gasteiger partial charge in [-0.3, -0.25) is 14.4 Å². The number of anilines is 2. The maximum absolute atomic E-state index is 12.5. The number of nitrogens with zero attached hydrogens (tertiary/aromatic N) is 1. The molecular formula is C19H18N2O3. The third-order valence-electron chi connectivity index (χ3n) is 4.08. The van der Waals surface area contributed by atoms with E-state index in [9.17, 15) is 14.4 Å². The Morgan fingerprint density at radius 1 is 1.04 bits per heavy atom. The fraction of sp³-hybridized carbons (Fsp3) is 0.211. The smallest absolute Gasteiger partial charge is 0.316 e. The summed E-state index contributed by atoms with van der Waals surface area (Å²) in [6.07, 6.45) is 1.73. The SMILES string of the molecule is CC(=O)c1cccc(NC(=O)C(=O)N2CCCc3ccccc32)c1. The van der Waals surface area contributed by atoms with E-state index in [0.29, 0.717) is 17.8 Å². The van der Waals surface area contributed by atoms with Gasteiger partial charge in [0.15, 0.2) is 5.78 Å². The first-order chi connectivity index (χ1) is 11.6. The van der Waals surface area contributed by atoms with Crippen molar-refractivity contribution >= 4 is 29.0 Å². The molecule has 0 aromatic heterocycles. The number of carbonyl (C=O) groups excluding carboxylic acids is 3. The van der Waals surface area contributed by atoms with Gasteiger partial charge in [0.2, 0.25) is 0 Å². The molecule has 0 spiro atoms. The minimum atomic E-state index is -0.701. The monoisotopic (exact) mass is 322 g/mol. The first kappa shape index (κ1) is 15.9. The molecule has 0 radical (unpaired) electrons. The summed E-state index contributed by atoms with van der Waals surface area (Å²) >= 11 is 0. The van der Waals surface area contributed by atoms with E-state index in [1.165, 1.54) is 11.8 Å². The van der Waals surface area contributed by atoms with Crippen LogP contribution in [0.2, 0.25) is 0 Å². The second-order valence-electron chi connectivity index (χ2n) is 5.78. The molecule has 0 fully saturated rings. The highest BCUT2D eigenvalue weighted by atomic mass is 16.2. The number of Topliss-reactive ketones (excluding diaryl/α,β-unsaturated/α-hetero) is 1. The van der Waals surface area contributed by atoms with E-state index in [-0.39, 0.29) is 5.78 Å². The Balaban J connectivity index is 1.78. The first-order valence-corrected chi connectivity index (χ1v) is 7.88. The van der Waals surface area contributed by atoms with Gasteiger partial charge in [-0.25, -0.2) is 0 Å². The van der Waals surface area contributed by atoms with E-state index in [1.807, 2.05) is 24.3 Å². The molecule has 5 nitrogen and oxygen atoms in total. The molecule has 1 N–H and O–H groups in total. The number of carbonyl (C=O) groups is 3. The molecule has 1 aliphatic rings. The van der Waals surface area contributed by atoms with Crippen molar-refractivity contribution in [1.82, 2.24) is 0 Å².